The van der Waals surface area contributed by atoms with Crippen molar-refractivity contribution >= 4 is 34.7 Å². The van der Waals surface area contributed by atoms with Crippen LogP contribution in [0, 0.1) is 0 Å². The first-order chi connectivity index (χ1) is 14.7. The number of nitrogens with zero attached hydrogens (tertiary/aromatic N) is 4. The number of likely N-dealkylation sites (tertiary alicyclic amines) is 1. The second-order valence-electron chi connectivity index (χ2n) is 7.38. The molecule has 0 bridgehead atoms. The van der Waals surface area contributed by atoms with Crippen molar-refractivity contribution < 1.29 is 9.53 Å². The number of aromatic amines is 1. The van der Waals surface area contributed by atoms with Crippen molar-refractivity contribution in [3.8, 4) is 11.4 Å². The summed E-state index contributed by atoms with van der Waals surface area (Å²) in [5, 5.41) is 4.89. The van der Waals surface area contributed by atoms with Gasteiger partial charge in [0.2, 0.25) is 0 Å². The standard InChI is InChI=1S/C21H25ClN6O2/c1-30-19(6-9-29)28-8-3-2-4-15(28)12-24-18-5-7-23-21(27-18)17-13-26-20-16(17)10-14(22)11-25-20/h5,7,9-11,13,15,19H,2-4,6,8,12H2,1H3,(H,25,26)(H,23,24,27). The van der Waals surface area contributed by atoms with Crippen molar-refractivity contribution in [2.24, 2.45) is 0 Å². The molecule has 2 N–H and O–H groups in total. The lowest BCUT2D eigenvalue weighted by atomic mass is 10.0. The van der Waals surface area contributed by atoms with E-state index in [9.17, 15) is 4.79 Å². The summed E-state index contributed by atoms with van der Waals surface area (Å²) in [4.78, 5) is 29.8. The summed E-state index contributed by atoms with van der Waals surface area (Å²) in [6.07, 6.45) is 9.64. The molecule has 30 heavy (non-hydrogen) atoms. The molecule has 8 nitrogen and oxygen atoms in total. The van der Waals surface area contributed by atoms with Crippen LogP contribution in [-0.4, -0.2) is 63.6 Å². The Kier molecular flexibility index (Phi) is 6.56. The molecule has 0 radical (unpaired) electrons. The van der Waals surface area contributed by atoms with E-state index in [1.807, 2.05) is 18.3 Å². The van der Waals surface area contributed by atoms with E-state index < -0.39 is 0 Å². The van der Waals surface area contributed by atoms with E-state index in [2.05, 4.69) is 30.2 Å². The maximum absolute atomic E-state index is 11.0. The van der Waals surface area contributed by atoms with Crippen LogP contribution in [0.4, 0.5) is 5.82 Å². The van der Waals surface area contributed by atoms with Crippen LogP contribution in [0.15, 0.2) is 30.7 Å². The number of nitrogens with one attached hydrogen (secondary N) is 2. The van der Waals surface area contributed by atoms with E-state index in [4.69, 9.17) is 16.3 Å². The van der Waals surface area contributed by atoms with E-state index in [0.717, 1.165) is 54.6 Å². The lowest BCUT2D eigenvalue weighted by Gasteiger charge is -2.40. The average molecular weight is 429 g/mol. The number of halogens is 1. The van der Waals surface area contributed by atoms with Crippen LogP contribution in [0.2, 0.25) is 5.02 Å². The lowest BCUT2D eigenvalue weighted by Crippen LogP contribution is -2.50. The molecule has 0 aromatic carbocycles. The Morgan fingerprint density at radius 2 is 2.33 bits per heavy atom. The fraction of sp³-hybridized carbons (Fsp3) is 0.429. The summed E-state index contributed by atoms with van der Waals surface area (Å²) < 4.78 is 5.55. The first-order valence-corrected chi connectivity index (χ1v) is 10.5. The highest BCUT2D eigenvalue weighted by atomic mass is 35.5. The summed E-state index contributed by atoms with van der Waals surface area (Å²) in [5.41, 5.74) is 1.60. The number of carbonyl (C=O) groups excluding carboxylic acids is 1. The van der Waals surface area contributed by atoms with Gasteiger partial charge < -0.3 is 19.8 Å². The van der Waals surface area contributed by atoms with Gasteiger partial charge in [-0.25, -0.2) is 15.0 Å². The van der Waals surface area contributed by atoms with Crippen LogP contribution >= 0.6 is 11.6 Å². The number of hydrogen-bond donors (Lipinski definition) is 2. The average Bonchev–Trinajstić information content (AvgIpc) is 3.19. The van der Waals surface area contributed by atoms with Crippen LogP contribution in [0.3, 0.4) is 0 Å². The van der Waals surface area contributed by atoms with Gasteiger partial charge in [0.1, 0.15) is 24.0 Å². The van der Waals surface area contributed by atoms with Gasteiger partial charge in [0.15, 0.2) is 5.82 Å². The number of aromatic nitrogens is 4. The highest BCUT2D eigenvalue weighted by molar-refractivity contribution is 6.31. The number of anilines is 1. The van der Waals surface area contributed by atoms with Crippen molar-refractivity contribution in [1.29, 1.82) is 0 Å². The molecule has 1 aliphatic rings. The van der Waals surface area contributed by atoms with Crippen LogP contribution in [0.5, 0.6) is 0 Å². The molecule has 3 aromatic heterocycles. The zero-order chi connectivity index (χ0) is 20.9. The first kappa shape index (κ1) is 20.7. The third kappa shape index (κ3) is 4.45. The topological polar surface area (TPSA) is 96.0 Å². The molecule has 2 unspecified atom stereocenters. The summed E-state index contributed by atoms with van der Waals surface area (Å²) in [5.74, 6) is 1.35. The predicted molar refractivity (Wildman–Crippen MR) is 116 cm³/mol. The molecule has 0 saturated carbocycles. The monoisotopic (exact) mass is 428 g/mol. The van der Waals surface area contributed by atoms with Gasteiger partial charge >= 0.3 is 0 Å². The predicted octanol–water partition coefficient (Wildman–Crippen LogP) is 3.50. The van der Waals surface area contributed by atoms with Crippen molar-refractivity contribution in [3.63, 3.8) is 0 Å². The molecule has 9 heteroatoms. The molecule has 1 aliphatic heterocycles. The number of rotatable bonds is 8. The summed E-state index contributed by atoms with van der Waals surface area (Å²) in [6, 6.07) is 3.99. The fourth-order valence-corrected chi connectivity index (χ4v) is 4.20. The third-order valence-corrected chi connectivity index (χ3v) is 5.73. The number of aldehydes is 1. The minimum atomic E-state index is -0.181. The van der Waals surface area contributed by atoms with Gasteiger partial charge in [-0.1, -0.05) is 18.0 Å². The van der Waals surface area contributed by atoms with Crippen molar-refractivity contribution in [3.05, 3.63) is 35.7 Å². The minimum Gasteiger partial charge on any atom is -0.368 e. The molecule has 3 aromatic rings. The molecule has 1 saturated heterocycles. The Hall–Kier alpha value is -2.55. The molecule has 0 amide bonds. The number of ether oxygens (including phenoxy) is 1. The fourth-order valence-electron chi connectivity index (χ4n) is 4.04. The number of pyridine rings is 1. The van der Waals surface area contributed by atoms with E-state index in [0.29, 0.717) is 17.3 Å². The summed E-state index contributed by atoms with van der Waals surface area (Å²) >= 11 is 6.11. The van der Waals surface area contributed by atoms with Crippen molar-refractivity contribution in [2.45, 2.75) is 38.0 Å². The van der Waals surface area contributed by atoms with Crippen molar-refractivity contribution in [1.82, 2.24) is 24.8 Å². The Morgan fingerprint density at radius 1 is 1.43 bits per heavy atom. The van der Waals surface area contributed by atoms with E-state index in [-0.39, 0.29) is 12.3 Å². The highest BCUT2D eigenvalue weighted by Crippen LogP contribution is 2.28. The first-order valence-electron chi connectivity index (χ1n) is 10.1. The summed E-state index contributed by atoms with van der Waals surface area (Å²) in [6.45, 7) is 1.65. The zero-order valence-electron chi connectivity index (χ0n) is 16.8. The largest absolute Gasteiger partial charge is 0.368 e. The molecule has 158 valence electrons. The second kappa shape index (κ2) is 9.51. The number of carbonyl (C=O) groups is 1. The Bertz CT molecular complexity index is 1010. The Morgan fingerprint density at radius 3 is 3.17 bits per heavy atom. The number of piperidine rings is 1. The van der Waals surface area contributed by atoms with Gasteiger partial charge in [-0.05, 0) is 25.0 Å². The van der Waals surface area contributed by atoms with Crippen LogP contribution < -0.4 is 5.32 Å². The van der Waals surface area contributed by atoms with Crippen molar-refractivity contribution in [2.75, 3.05) is 25.5 Å². The Labute approximate surface area is 180 Å². The molecule has 0 spiro atoms. The smallest absolute Gasteiger partial charge is 0.163 e. The lowest BCUT2D eigenvalue weighted by molar-refractivity contribution is -0.117. The van der Waals surface area contributed by atoms with Gasteiger partial charge in [0.05, 0.1) is 5.02 Å². The minimum absolute atomic E-state index is 0.181. The van der Waals surface area contributed by atoms with Gasteiger partial charge in [-0.15, -0.1) is 0 Å². The van der Waals surface area contributed by atoms with E-state index in [1.165, 1.54) is 6.42 Å². The van der Waals surface area contributed by atoms with Crippen LogP contribution in [-0.2, 0) is 9.53 Å². The molecule has 0 aliphatic carbocycles. The second-order valence-corrected chi connectivity index (χ2v) is 7.82. The normalized spacial score (nSPS) is 18.4. The molecule has 4 heterocycles. The Balaban J connectivity index is 1.50. The van der Waals surface area contributed by atoms with Gasteiger partial charge in [-0.3, -0.25) is 4.90 Å². The summed E-state index contributed by atoms with van der Waals surface area (Å²) in [7, 11) is 1.66. The van der Waals surface area contributed by atoms with Gasteiger partial charge in [-0.2, -0.15) is 0 Å². The SMILES string of the molecule is COC(CC=O)N1CCCCC1CNc1ccnc(-c2c[nH]c3ncc(Cl)cc23)n1. The number of fused-ring (bicyclic) bond motifs is 1. The van der Waals surface area contributed by atoms with E-state index in [1.54, 1.807) is 19.5 Å². The number of methoxy groups -OCH3 is 1. The third-order valence-electron chi connectivity index (χ3n) is 5.53. The molecular weight excluding hydrogens is 404 g/mol. The number of H-pyrrole nitrogens is 1. The van der Waals surface area contributed by atoms with Gasteiger partial charge in [0, 0.05) is 62.2 Å². The number of hydrogen-bond acceptors (Lipinski definition) is 7. The maximum atomic E-state index is 11.0. The molecule has 2 atom stereocenters. The quantitative estimate of drug-likeness (QED) is 0.530. The zero-order valence-corrected chi connectivity index (χ0v) is 17.6. The van der Waals surface area contributed by atoms with Crippen LogP contribution in [0.1, 0.15) is 25.7 Å². The highest BCUT2D eigenvalue weighted by Gasteiger charge is 2.28. The molecule has 1 fully saturated rings. The van der Waals surface area contributed by atoms with Gasteiger partial charge in [0.25, 0.3) is 0 Å². The molecule has 4 rings (SSSR count). The maximum Gasteiger partial charge on any atom is 0.163 e. The van der Waals surface area contributed by atoms with Crippen LogP contribution in [0.25, 0.3) is 22.4 Å². The molecular formula is C21H25ClN6O2. The van der Waals surface area contributed by atoms with E-state index >= 15 is 0 Å².